The van der Waals surface area contributed by atoms with Gasteiger partial charge in [0.25, 0.3) is 0 Å². The number of para-hydroxylation sites is 2. The third-order valence-electron chi connectivity index (χ3n) is 5.01. The van der Waals surface area contributed by atoms with E-state index in [9.17, 15) is 4.79 Å². The largest absolute Gasteiger partial charge is 0.486 e. The lowest BCUT2D eigenvalue weighted by atomic mass is 10.2. The molecule has 2 aliphatic heterocycles. The molecule has 0 saturated carbocycles. The maximum atomic E-state index is 12.3. The van der Waals surface area contributed by atoms with Gasteiger partial charge in [0, 0.05) is 36.9 Å². The number of amides is 1. The van der Waals surface area contributed by atoms with E-state index in [1.165, 1.54) is 0 Å². The fraction of sp³-hybridized carbons (Fsp3) is 0.381. The number of fused-ring (bicyclic) bond motifs is 1. The van der Waals surface area contributed by atoms with Crippen LogP contribution in [0.25, 0.3) is 0 Å². The van der Waals surface area contributed by atoms with Gasteiger partial charge in [-0.25, -0.2) is 0 Å². The fourth-order valence-electron chi connectivity index (χ4n) is 3.49. The van der Waals surface area contributed by atoms with E-state index < -0.39 is 0 Å². The van der Waals surface area contributed by atoms with E-state index in [1.54, 1.807) is 0 Å². The predicted octanol–water partition coefficient (Wildman–Crippen LogP) is 2.42. The van der Waals surface area contributed by atoms with Gasteiger partial charge in [0.05, 0.1) is 13.1 Å². The molecule has 1 amide bonds. The molecule has 0 radical (unpaired) electrons. The van der Waals surface area contributed by atoms with Gasteiger partial charge in [-0.2, -0.15) is 0 Å². The van der Waals surface area contributed by atoms with Crippen molar-refractivity contribution in [2.24, 2.45) is 0 Å². The lowest BCUT2D eigenvalue weighted by molar-refractivity contribution is -0.122. The molecule has 1 N–H and O–H groups in total. The van der Waals surface area contributed by atoms with Crippen LogP contribution in [0.1, 0.15) is 0 Å². The van der Waals surface area contributed by atoms with Gasteiger partial charge in [-0.3, -0.25) is 9.69 Å². The highest BCUT2D eigenvalue weighted by molar-refractivity contribution is 6.30. The monoisotopic (exact) mass is 401 g/mol. The van der Waals surface area contributed by atoms with Crippen molar-refractivity contribution in [3.05, 3.63) is 53.6 Å². The number of benzene rings is 2. The number of anilines is 1. The summed E-state index contributed by atoms with van der Waals surface area (Å²) < 4.78 is 11.6. The third kappa shape index (κ3) is 4.69. The number of carbonyl (C=O) groups is 1. The Hall–Kier alpha value is -2.44. The first-order valence-electron chi connectivity index (χ1n) is 9.55. The van der Waals surface area contributed by atoms with Gasteiger partial charge in [0.1, 0.15) is 12.7 Å². The predicted molar refractivity (Wildman–Crippen MR) is 109 cm³/mol. The number of nitrogens with one attached hydrogen (secondary N) is 1. The molecule has 0 aliphatic carbocycles. The molecule has 1 unspecified atom stereocenters. The Kier molecular flexibility index (Phi) is 5.88. The van der Waals surface area contributed by atoms with Gasteiger partial charge < -0.3 is 19.7 Å². The lowest BCUT2D eigenvalue weighted by Gasteiger charge is -2.35. The van der Waals surface area contributed by atoms with Crippen LogP contribution in [0, 0.1) is 0 Å². The quantitative estimate of drug-likeness (QED) is 0.833. The molecule has 1 saturated heterocycles. The number of piperazine rings is 1. The van der Waals surface area contributed by atoms with Crippen molar-refractivity contribution in [1.29, 1.82) is 0 Å². The molecule has 2 aromatic carbocycles. The van der Waals surface area contributed by atoms with Gasteiger partial charge >= 0.3 is 0 Å². The van der Waals surface area contributed by atoms with Crippen LogP contribution < -0.4 is 19.7 Å². The molecular weight excluding hydrogens is 378 g/mol. The minimum Gasteiger partial charge on any atom is -0.486 e. The maximum Gasteiger partial charge on any atom is 0.234 e. The zero-order valence-corrected chi connectivity index (χ0v) is 16.4. The van der Waals surface area contributed by atoms with Crippen LogP contribution in [0.3, 0.4) is 0 Å². The zero-order chi connectivity index (χ0) is 19.3. The molecule has 1 fully saturated rings. The summed E-state index contributed by atoms with van der Waals surface area (Å²) in [5, 5.41) is 3.71. The maximum absolute atomic E-state index is 12.3. The van der Waals surface area contributed by atoms with Crippen LogP contribution in [0.4, 0.5) is 5.69 Å². The average Bonchev–Trinajstić information content (AvgIpc) is 2.73. The van der Waals surface area contributed by atoms with Crippen LogP contribution in [0.2, 0.25) is 5.02 Å². The number of halogens is 1. The van der Waals surface area contributed by atoms with E-state index in [-0.39, 0.29) is 12.0 Å². The summed E-state index contributed by atoms with van der Waals surface area (Å²) >= 11 is 6.08. The minimum absolute atomic E-state index is 0.0127. The fourth-order valence-corrected chi connectivity index (χ4v) is 3.67. The number of nitrogens with zero attached hydrogens (tertiary/aromatic N) is 2. The highest BCUT2D eigenvalue weighted by Gasteiger charge is 2.23. The van der Waals surface area contributed by atoms with Crippen molar-refractivity contribution in [3.63, 3.8) is 0 Å². The smallest absolute Gasteiger partial charge is 0.234 e. The van der Waals surface area contributed by atoms with E-state index >= 15 is 0 Å². The molecular formula is C21H24ClN3O3. The number of carbonyl (C=O) groups excluding carboxylic acids is 1. The molecule has 2 aromatic rings. The van der Waals surface area contributed by atoms with E-state index in [2.05, 4.69) is 21.2 Å². The van der Waals surface area contributed by atoms with Crippen LogP contribution in [0.15, 0.2) is 48.5 Å². The standard InChI is InChI=1S/C21H24ClN3O3/c22-16-4-3-5-17(12-16)25-10-8-24(9-11-25)14-21(26)23-13-18-15-27-19-6-1-2-7-20(19)28-18/h1-7,12,18H,8-11,13-15H2,(H,23,26). The van der Waals surface area contributed by atoms with Gasteiger partial charge in [-0.05, 0) is 30.3 Å². The Balaban J connectivity index is 1.19. The molecule has 6 nitrogen and oxygen atoms in total. The van der Waals surface area contributed by atoms with Crippen molar-refractivity contribution >= 4 is 23.2 Å². The number of rotatable bonds is 5. The Bertz CT molecular complexity index is 824. The Morgan fingerprint density at radius 1 is 1.07 bits per heavy atom. The summed E-state index contributed by atoms with van der Waals surface area (Å²) in [6.45, 7) is 4.72. The summed E-state index contributed by atoms with van der Waals surface area (Å²) in [6.07, 6.45) is -0.168. The molecule has 2 heterocycles. The topological polar surface area (TPSA) is 54.0 Å². The van der Waals surface area contributed by atoms with Crippen molar-refractivity contribution in [1.82, 2.24) is 10.2 Å². The van der Waals surface area contributed by atoms with Gasteiger partial charge in [0.2, 0.25) is 5.91 Å². The summed E-state index contributed by atoms with van der Waals surface area (Å²) in [5.41, 5.74) is 1.13. The first kappa shape index (κ1) is 18.9. The number of hydrogen-bond acceptors (Lipinski definition) is 5. The van der Waals surface area contributed by atoms with Gasteiger partial charge in [-0.1, -0.05) is 29.8 Å². The van der Waals surface area contributed by atoms with Crippen LogP contribution in [-0.4, -0.2) is 62.8 Å². The van der Waals surface area contributed by atoms with Crippen molar-refractivity contribution < 1.29 is 14.3 Å². The summed E-state index contributed by atoms with van der Waals surface area (Å²) in [7, 11) is 0. The van der Waals surface area contributed by atoms with Crippen molar-refractivity contribution in [3.8, 4) is 11.5 Å². The Labute approximate surface area is 170 Å². The molecule has 0 bridgehead atoms. The SMILES string of the molecule is O=C(CN1CCN(c2cccc(Cl)c2)CC1)NCC1COc2ccccc2O1. The van der Waals surface area contributed by atoms with Crippen LogP contribution >= 0.6 is 11.6 Å². The molecule has 1 atom stereocenters. The van der Waals surface area contributed by atoms with E-state index in [0.717, 1.165) is 48.4 Å². The summed E-state index contributed by atoms with van der Waals surface area (Å²) in [5.74, 6) is 1.49. The average molecular weight is 402 g/mol. The second-order valence-electron chi connectivity index (χ2n) is 7.04. The first-order chi connectivity index (χ1) is 13.7. The zero-order valence-electron chi connectivity index (χ0n) is 15.6. The van der Waals surface area contributed by atoms with Crippen LogP contribution in [-0.2, 0) is 4.79 Å². The van der Waals surface area contributed by atoms with Gasteiger partial charge in [0.15, 0.2) is 11.5 Å². The Morgan fingerprint density at radius 2 is 1.86 bits per heavy atom. The normalized spacial score (nSPS) is 19.3. The first-order valence-corrected chi connectivity index (χ1v) is 9.93. The van der Waals surface area contributed by atoms with E-state index in [4.69, 9.17) is 21.1 Å². The molecule has 28 heavy (non-hydrogen) atoms. The number of hydrogen-bond donors (Lipinski definition) is 1. The summed E-state index contributed by atoms with van der Waals surface area (Å²) in [6, 6.07) is 15.5. The van der Waals surface area contributed by atoms with Crippen molar-refractivity contribution in [2.75, 3.05) is 50.8 Å². The second-order valence-corrected chi connectivity index (χ2v) is 7.48. The number of ether oxygens (including phenoxy) is 2. The molecule has 0 spiro atoms. The highest BCUT2D eigenvalue weighted by atomic mass is 35.5. The lowest BCUT2D eigenvalue weighted by Crippen LogP contribution is -2.50. The second kappa shape index (κ2) is 8.71. The van der Waals surface area contributed by atoms with Gasteiger partial charge in [-0.15, -0.1) is 0 Å². The molecule has 4 rings (SSSR count). The minimum atomic E-state index is -0.168. The highest BCUT2D eigenvalue weighted by Crippen LogP contribution is 2.30. The Morgan fingerprint density at radius 3 is 2.64 bits per heavy atom. The molecule has 2 aliphatic rings. The molecule has 148 valence electrons. The van der Waals surface area contributed by atoms with E-state index in [1.807, 2.05) is 42.5 Å². The van der Waals surface area contributed by atoms with Crippen LogP contribution in [0.5, 0.6) is 11.5 Å². The third-order valence-corrected chi connectivity index (χ3v) is 5.24. The van der Waals surface area contributed by atoms with Crippen molar-refractivity contribution in [2.45, 2.75) is 6.10 Å². The molecule has 0 aromatic heterocycles. The summed E-state index contributed by atoms with van der Waals surface area (Å²) in [4.78, 5) is 16.8. The molecule has 7 heteroatoms. The van der Waals surface area contributed by atoms with E-state index in [0.29, 0.717) is 19.7 Å².